The zero-order valence-electron chi connectivity index (χ0n) is 14.9. The van der Waals surface area contributed by atoms with Crippen LogP contribution in [0.2, 0.25) is 5.02 Å². The van der Waals surface area contributed by atoms with Crippen molar-refractivity contribution in [1.82, 2.24) is 19.7 Å². The Labute approximate surface area is 168 Å². The van der Waals surface area contributed by atoms with Gasteiger partial charge in [-0.3, -0.25) is 4.79 Å². The maximum absolute atomic E-state index is 13.0. The molecule has 5 nitrogen and oxygen atoms in total. The number of alkyl halides is 3. The van der Waals surface area contributed by atoms with Gasteiger partial charge in [0.1, 0.15) is 0 Å². The molecular formula is C20H14ClF3N4O. The molecule has 29 heavy (non-hydrogen) atoms. The minimum atomic E-state index is -4.54. The minimum Gasteiger partial charge on any atom is -0.331 e. The summed E-state index contributed by atoms with van der Waals surface area (Å²) < 4.78 is 40.1. The van der Waals surface area contributed by atoms with E-state index in [9.17, 15) is 18.0 Å². The number of rotatable bonds is 1. The Balaban J connectivity index is 1.59. The predicted molar refractivity (Wildman–Crippen MR) is 99.0 cm³/mol. The van der Waals surface area contributed by atoms with Gasteiger partial charge in [0.15, 0.2) is 5.82 Å². The summed E-state index contributed by atoms with van der Waals surface area (Å²) in [6.45, 7) is 0.615. The van der Waals surface area contributed by atoms with Crippen LogP contribution in [-0.2, 0) is 19.0 Å². The Bertz CT molecular complexity index is 1140. The second-order valence-electron chi connectivity index (χ2n) is 7.11. The molecule has 1 amide bonds. The Kier molecular flexibility index (Phi) is 3.96. The van der Waals surface area contributed by atoms with Crippen molar-refractivity contribution in [2.45, 2.75) is 25.1 Å². The Hall–Kier alpha value is -2.87. The maximum atomic E-state index is 13.0. The van der Waals surface area contributed by atoms with Crippen LogP contribution in [0.4, 0.5) is 13.2 Å². The number of hydrogen-bond acceptors (Lipinski definition) is 3. The topological polar surface area (TPSA) is 51.0 Å². The number of benzene rings is 1. The molecule has 0 saturated heterocycles. The summed E-state index contributed by atoms with van der Waals surface area (Å²) in [7, 11) is 0. The van der Waals surface area contributed by atoms with Crippen molar-refractivity contribution in [3.63, 3.8) is 0 Å². The van der Waals surface area contributed by atoms with Crippen LogP contribution in [0.3, 0.4) is 0 Å². The number of amides is 1. The van der Waals surface area contributed by atoms with E-state index in [-0.39, 0.29) is 22.8 Å². The van der Waals surface area contributed by atoms with Crippen LogP contribution in [0.5, 0.6) is 0 Å². The van der Waals surface area contributed by atoms with E-state index in [1.165, 1.54) is 16.4 Å². The number of carbonyl (C=O) groups excluding carboxylic acids is 1. The van der Waals surface area contributed by atoms with Crippen molar-refractivity contribution >= 4 is 17.5 Å². The van der Waals surface area contributed by atoms with Crippen molar-refractivity contribution < 1.29 is 18.0 Å². The average molecular weight is 419 g/mol. The van der Waals surface area contributed by atoms with Crippen LogP contribution in [0.15, 0.2) is 42.7 Å². The van der Waals surface area contributed by atoms with E-state index in [4.69, 9.17) is 11.6 Å². The first-order chi connectivity index (χ1) is 13.8. The Morgan fingerprint density at radius 3 is 2.72 bits per heavy atom. The van der Waals surface area contributed by atoms with Crippen LogP contribution in [-0.4, -0.2) is 32.1 Å². The molecule has 3 aromatic rings. The lowest BCUT2D eigenvalue weighted by Crippen LogP contribution is -2.44. The third-order valence-corrected chi connectivity index (χ3v) is 5.79. The van der Waals surface area contributed by atoms with Crippen LogP contribution >= 0.6 is 11.6 Å². The lowest BCUT2D eigenvalue weighted by molar-refractivity contribution is -0.137. The lowest BCUT2D eigenvalue weighted by Gasteiger charge is -2.40. The Morgan fingerprint density at radius 2 is 1.97 bits per heavy atom. The van der Waals surface area contributed by atoms with Gasteiger partial charge in [0.05, 0.1) is 34.1 Å². The number of pyridine rings is 1. The molecule has 0 aliphatic carbocycles. The van der Waals surface area contributed by atoms with Crippen LogP contribution < -0.4 is 0 Å². The zero-order chi connectivity index (χ0) is 20.3. The molecule has 0 saturated carbocycles. The summed E-state index contributed by atoms with van der Waals surface area (Å²) in [5.74, 6) is -0.0636. The van der Waals surface area contributed by atoms with Crippen molar-refractivity contribution in [2.24, 2.45) is 0 Å². The Morgan fingerprint density at radius 1 is 1.17 bits per heavy atom. The molecule has 0 unspecified atom stereocenters. The number of halogens is 4. The minimum absolute atomic E-state index is 0.0752. The molecular weight excluding hydrogens is 405 g/mol. The molecule has 0 radical (unpaired) electrons. The summed E-state index contributed by atoms with van der Waals surface area (Å²) in [5.41, 5.74) is 2.37. The highest BCUT2D eigenvalue weighted by Crippen LogP contribution is 2.39. The molecule has 4 heterocycles. The molecule has 148 valence electrons. The van der Waals surface area contributed by atoms with Crippen molar-refractivity contribution in [2.75, 3.05) is 6.54 Å². The summed E-state index contributed by atoms with van der Waals surface area (Å²) in [6, 6.07) is 8.65. The van der Waals surface area contributed by atoms with E-state index >= 15 is 0 Å². The van der Waals surface area contributed by atoms with Gasteiger partial charge in [-0.05, 0) is 23.6 Å². The molecule has 0 N–H and O–H groups in total. The molecule has 1 atom stereocenters. The van der Waals surface area contributed by atoms with Gasteiger partial charge < -0.3 is 4.90 Å². The van der Waals surface area contributed by atoms with Gasteiger partial charge in [0, 0.05) is 19.2 Å². The van der Waals surface area contributed by atoms with Crippen molar-refractivity contribution in [3.05, 3.63) is 75.7 Å². The molecule has 2 aliphatic heterocycles. The molecule has 0 spiro atoms. The zero-order valence-corrected chi connectivity index (χ0v) is 15.7. The highest BCUT2D eigenvalue weighted by Gasteiger charge is 2.39. The quantitative estimate of drug-likeness (QED) is 0.594. The van der Waals surface area contributed by atoms with E-state index in [1.54, 1.807) is 0 Å². The van der Waals surface area contributed by atoms with E-state index in [0.29, 0.717) is 24.2 Å². The average Bonchev–Trinajstić information content (AvgIpc) is 3.11. The molecule has 0 fully saturated rings. The van der Waals surface area contributed by atoms with Crippen molar-refractivity contribution in [3.8, 4) is 5.82 Å². The van der Waals surface area contributed by atoms with Crippen LogP contribution in [0.25, 0.3) is 5.82 Å². The smallest absolute Gasteiger partial charge is 0.331 e. The molecule has 9 heteroatoms. The maximum Gasteiger partial charge on any atom is 0.417 e. The number of carbonyl (C=O) groups is 1. The SMILES string of the molecule is O=C1c2cnn(-c3ncc(C(F)(F)F)cc3Cl)c2C[C@H]2c3ccccc3CCN12. The molecule has 5 rings (SSSR count). The van der Waals surface area contributed by atoms with Gasteiger partial charge in [-0.25, -0.2) is 9.67 Å². The summed E-state index contributed by atoms with van der Waals surface area (Å²) in [6.07, 6.45) is -1.11. The predicted octanol–water partition coefficient (Wildman–Crippen LogP) is 4.24. The van der Waals surface area contributed by atoms with Gasteiger partial charge in [-0.15, -0.1) is 0 Å². The molecule has 2 aromatic heterocycles. The number of fused-ring (bicyclic) bond motifs is 4. The van der Waals surface area contributed by atoms with E-state index in [2.05, 4.69) is 16.1 Å². The van der Waals surface area contributed by atoms with E-state index in [0.717, 1.165) is 24.2 Å². The second-order valence-corrected chi connectivity index (χ2v) is 7.52. The fourth-order valence-electron chi connectivity index (χ4n) is 4.13. The summed E-state index contributed by atoms with van der Waals surface area (Å²) >= 11 is 6.11. The summed E-state index contributed by atoms with van der Waals surface area (Å²) in [4.78, 5) is 18.8. The standard InChI is InChI=1S/C20H14ClF3N4O/c21-15-7-12(20(22,23)24)9-25-18(15)28-17-8-16-13-4-2-1-3-11(13)5-6-27(16)19(29)14(17)10-26-28/h1-4,7,9-10,16H,5-6,8H2/t16-/m0/s1. The number of hydrogen-bond donors (Lipinski definition) is 0. The monoisotopic (exact) mass is 418 g/mol. The third-order valence-electron chi connectivity index (χ3n) is 5.51. The van der Waals surface area contributed by atoms with Gasteiger partial charge in [-0.1, -0.05) is 35.9 Å². The highest BCUT2D eigenvalue weighted by atomic mass is 35.5. The van der Waals surface area contributed by atoms with Crippen LogP contribution in [0.1, 0.15) is 38.8 Å². The van der Waals surface area contributed by atoms with Gasteiger partial charge in [0.25, 0.3) is 5.91 Å². The largest absolute Gasteiger partial charge is 0.417 e. The van der Waals surface area contributed by atoms with E-state index in [1.807, 2.05) is 23.1 Å². The lowest BCUT2D eigenvalue weighted by atomic mass is 9.86. The first-order valence-electron chi connectivity index (χ1n) is 9.03. The van der Waals surface area contributed by atoms with Crippen molar-refractivity contribution in [1.29, 1.82) is 0 Å². The third kappa shape index (κ3) is 2.81. The molecule has 2 aliphatic rings. The second kappa shape index (κ2) is 6.32. The fourth-order valence-corrected chi connectivity index (χ4v) is 4.37. The first-order valence-corrected chi connectivity index (χ1v) is 9.41. The van der Waals surface area contributed by atoms with Gasteiger partial charge in [0.2, 0.25) is 0 Å². The van der Waals surface area contributed by atoms with Gasteiger partial charge >= 0.3 is 6.18 Å². The highest BCUT2D eigenvalue weighted by molar-refractivity contribution is 6.32. The first kappa shape index (κ1) is 18.2. The molecule has 1 aromatic carbocycles. The summed E-state index contributed by atoms with van der Waals surface area (Å²) in [5, 5.41) is 4.05. The van der Waals surface area contributed by atoms with Crippen LogP contribution in [0, 0.1) is 0 Å². The molecule has 0 bridgehead atoms. The number of aromatic nitrogens is 3. The normalized spacial score (nSPS) is 18.3. The fraction of sp³-hybridized carbons (Fsp3) is 0.250. The van der Waals surface area contributed by atoms with Gasteiger partial charge in [-0.2, -0.15) is 18.3 Å². The van der Waals surface area contributed by atoms with E-state index < -0.39 is 11.7 Å². The number of nitrogens with zero attached hydrogens (tertiary/aromatic N) is 4.